The summed E-state index contributed by atoms with van der Waals surface area (Å²) in [6, 6.07) is 7.03. The molecule has 0 saturated carbocycles. The van der Waals surface area contributed by atoms with E-state index in [9.17, 15) is 9.90 Å². The Morgan fingerprint density at radius 2 is 2.12 bits per heavy atom. The van der Waals surface area contributed by atoms with E-state index in [-0.39, 0.29) is 0 Å². The highest BCUT2D eigenvalue weighted by molar-refractivity contribution is 9.10. The van der Waals surface area contributed by atoms with Crippen LogP contribution >= 0.6 is 15.9 Å². The minimum absolute atomic E-state index is 0.589. The highest BCUT2D eigenvalue weighted by atomic mass is 79.9. The van der Waals surface area contributed by atoms with Crippen molar-refractivity contribution in [2.45, 2.75) is 12.2 Å². The molecule has 0 unspecified atom stereocenters. The standard InChI is InChI=1S/C11H13BrO4/c1-15-10(11(14)16-2)9(13)7-4-3-5-8(12)6-7/h3-6,9-10,13H,1-2H3/t9-,10+/m1/s1. The van der Waals surface area contributed by atoms with Crippen LogP contribution in [0.1, 0.15) is 11.7 Å². The number of benzene rings is 1. The zero-order valence-corrected chi connectivity index (χ0v) is 10.6. The van der Waals surface area contributed by atoms with E-state index in [1.54, 1.807) is 18.2 Å². The summed E-state index contributed by atoms with van der Waals surface area (Å²) >= 11 is 3.29. The highest BCUT2D eigenvalue weighted by Gasteiger charge is 2.28. The molecule has 4 nitrogen and oxygen atoms in total. The normalized spacial score (nSPS) is 14.2. The second kappa shape index (κ2) is 5.98. The van der Waals surface area contributed by atoms with Crippen molar-refractivity contribution in [3.63, 3.8) is 0 Å². The monoisotopic (exact) mass is 288 g/mol. The van der Waals surface area contributed by atoms with Crippen LogP contribution in [0.2, 0.25) is 0 Å². The van der Waals surface area contributed by atoms with E-state index in [2.05, 4.69) is 20.7 Å². The number of carbonyl (C=O) groups excluding carboxylic acids is 1. The van der Waals surface area contributed by atoms with Crippen molar-refractivity contribution < 1.29 is 19.4 Å². The van der Waals surface area contributed by atoms with Crippen LogP contribution < -0.4 is 0 Å². The molecular weight excluding hydrogens is 276 g/mol. The Morgan fingerprint density at radius 3 is 2.62 bits per heavy atom. The number of carbonyl (C=O) groups is 1. The number of hydrogen-bond donors (Lipinski definition) is 1. The van der Waals surface area contributed by atoms with Crippen molar-refractivity contribution in [1.82, 2.24) is 0 Å². The maximum absolute atomic E-state index is 11.3. The summed E-state index contributed by atoms with van der Waals surface area (Å²) in [5.74, 6) is -0.602. The lowest BCUT2D eigenvalue weighted by Crippen LogP contribution is -2.31. The number of hydrogen-bond acceptors (Lipinski definition) is 4. The zero-order chi connectivity index (χ0) is 12.1. The number of rotatable bonds is 4. The summed E-state index contributed by atoms with van der Waals surface area (Å²) in [6.45, 7) is 0. The molecule has 0 aliphatic carbocycles. The molecule has 0 aliphatic rings. The summed E-state index contributed by atoms with van der Waals surface area (Å²) in [7, 11) is 2.60. The van der Waals surface area contributed by atoms with Crippen LogP contribution in [0, 0.1) is 0 Å². The first-order valence-electron chi connectivity index (χ1n) is 4.64. The van der Waals surface area contributed by atoms with Crippen LogP contribution in [0.3, 0.4) is 0 Å². The lowest BCUT2D eigenvalue weighted by Gasteiger charge is -2.19. The van der Waals surface area contributed by atoms with E-state index in [4.69, 9.17) is 4.74 Å². The van der Waals surface area contributed by atoms with Crippen LogP contribution in [0.4, 0.5) is 0 Å². The topological polar surface area (TPSA) is 55.8 Å². The van der Waals surface area contributed by atoms with Gasteiger partial charge in [-0.15, -0.1) is 0 Å². The molecule has 2 atom stereocenters. The van der Waals surface area contributed by atoms with Crippen molar-refractivity contribution in [2.75, 3.05) is 14.2 Å². The van der Waals surface area contributed by atoms with Crippen molar-refractivity contribution in [3.05, 3.63) is 34.3 Å². The van der Waals surface area contributed by atoms with E-state index in [1.165, 1.54) is 14.2 Å². The first kappa shape index (κ1) is 13.2. The lowest BCUT2D eigenvalue weighted by atomic mass is 10.0. The van der Waals surface area contributed by atoms with Gasteiger partial charge < -0.3 is 14.6 Å². The Kier molecular flexibility index (Phi) is 4.92. The number of halogens is 1. The van der Waals surface area contributed by atoms with Gasteiger partial charge in [-0.25, -0.2) is 4.79 Å². The van der Waals surface area contributed by atoms with Gasteiger partial charge in [0.1, 0.15) is 6.10 Å². The number of aliphatic hydroxyl groups excluding tert-OH is 1. The van der Waals surface area contributed by atoms with Crippen LogP contribution in [-0.4, -0.2) is 31.4 Å². The second-order valence-corrected chi connectivity index (χ2v) is 4.09. The molecule has 1 aromatic rings. The largest absolute Gasteiger partial charge is 0.467 e. The van der Waals surface area contributed by atoms with Crippen molar-refractivity contribution in [3.8, 4) is 0 Å². The van der Waals surface area contributed by atoms with Crippen LogP contribution in [-0.2, 0) is 14.3 Å². The fraction of sp³-hybridized carbons (Fsp3) is 0.364. The van der Waals surface area contributed by atoms with Crippen molar-refractivity contribution in [2.24, 2.45) is 0 Å². The summed E-state index contributed by atoms with van der Waals surface area (Å²) in [5.41, 5.74) is 0.589. The molecule has 0 bridgehead atoms. The van der Waals surface area contributed by atoms with E-state index in [0.29, 0.717) is 5.56 Å². The van der Waals surface area contributed by atoms with Gasteiger partial charge in [-0.1, -0.05) is 28.1 Å². The minimum atomic E-state index is -1.05. The van der Waals surface area contributed by atoms with Gasteiger partial charge in [0.05, 0.1) is 7.11 Å². The fourth-order valence-corrected chi connectivity index (χ4v) is 1.75. The molecular formula is C11H13BrO4. The number of esters is 1. The quantitative estimate of drug-likeness (QED) is 0.857. The molecule has 0 aromatic heterocycles. The van der Waals surface area contributed by atoms with Crippen molar-refractivity contribution in [1.29, 1.82) is 0 Å². The molecule has 0 radical (unpaired) electrons. The summed E-state index contributed by atoms with van der Waals surface area (Å²) < 4.78 is 10.3. The SMILES string of the molecule is COC(=O)[C@@H](OC)[C@H](O)c1cccc(Br)c1. The van der Waals surface area contributed by atoms with E-state index < -0.39 is 18.2 Å². The third-order valence-corrected chi connectivity index (χ3v) is 2.66. The lowest BCUT2D eigenvalue weighted by molar-refractivity contribution is -0.159. The minimum Gasteiger partial charge on any atom is -0.467 e. The molecule has 5 heteroatoms. The van der Waals surface area contributed by atoms with Gasteiger partial charge in [0, 0.05) is 11.6 Å². The maximum atomic E-state index is 11.3. The van der Waals surface area contributed by atoms with Gasteiger partial charge in [0.25, 0.3) is 0 Å². The average Bonchev–Trinajstić information content (AvgIpc) is 2.29. The third-order valence-electron chi connectivity index (χ3n) is 2.16. The van der Waals surface area contributed by atoms with Gasteiger partial charge in [-0.05, 0) is 17.7 Å². The fourth-order valence-electron chi connectivity index (χ4n) is 1.34. The van der Waals surface area contributed by atoms with Gasteiger partial charge in [0.2, 0.25) is 0 Å². The second-order valence-electron chi connectivity index (χ2n) is 3.18. The molecule has 0 aliphatic heterocycles. The van der Waals surface area contributed by atoms with Crippen LogP contribution in [0.5, 0.6) is 0 Å². The molecule has 88 valence electrons. The van der Waals surface area contributed by atoms with E-state index >= 15 is 0 Å². The molecule has 0 heterocycles. The molecule has 0 spiro atoms. The van der Waals surface area contributed by atoms with Crippen molar-refractivity contribution >= 4 is 21.9 Å². The molecule has 1 N–H and O–H groups in total. The predicted molar refractivity (Wildman–Crippen MR) is 61.9 cm³/mol. The van der Waals surface area contributed by atoms with Crippen LogP contribution in [0.25, 0.3) is 0 Å². The number of ether oxygens (including phenoxy) is 2. The third kappa shape index (κ3) is 3.04. The zero-order valence-electron chi connectivity index (χ0n) is 9.01. The van der Waals surface area contributed by atoms with E-state index in [1.807, 2.05) is 6.07 Å². The molecule has 1 rings (SSSR count). The Balaban J connectivity index is 2.90. The maximum Gasteiger partial charge on any atom is 0.338 e. The van der Waals surface area contributed by atoms with Gasteiger partial charge in [-0.3, -0.25) is 0 Å². The predicted octanol–water partition coefficient (Wildman–Crippen LogP) is 1.67. The number of methoxy groups -OCH3 is 2. The van der Waals surface area contributed by atoms with Gasteiger partial charge in [0.15, 0.2) is 6.10 Å². The Morgan fingerprint density at radius 1 is 1.44 bits per heavy atom. The summed E-state index contributed by atoms with van der Waals surface area (Å²) in [6.07, 6.45) is -2.06. The number of aliphatic hydroxyl groups is 1. The van der Waals surface area contributed by atoms with E-state index in [0.717, 1.165) is 4.47 Å². The first-order chi connectivity index (χ1) is 7.60. The molecule has 0 amide bonds. The Bertz CT molecular complexity index is 367. The Labute approximate surface area is 102 Å². The average molecular weight is 289 g/mol. The highest BCUT2D eigenvalue weighted by Crippen LogP contribution is 2.22. The Hall–Kier alpha value is -0.910. The molecule has 16 heavy (non-hydrogen) atoms. The molecule has 0 fully saturated rings. The summed E-state index contributed by atoms with van der Waals surface area (Å²) in [5, 5.41) is 9.96. The van der Waals surface area contributed by atoms with Gasteiger partial charge >= 0.3 is 5.97 Å². The van der Waals surface area contributed by atoms with Crippen LogP contribution in [0.15, 0.2) is 28.7 Å². The summed E-state index contributed by atoms with van der Waals surface area (Å²) in [4.78, 5) is 11.3. The van der Waals surface area contributed by atoms with Gasteiger partial charge in [-0.2, -0.15) is 0 Å². The first-order valence-corrected chi connectivity index (χ1v) is 5.43. The molecule has 0 saturated heterocycles. The molecule has 1 aromatic carbocycles. The smallest absolute Gasteiger partial charge is 0.338 e.